The average Bonchev–Trinajstić information content (AvgIpc) is 2.84. The molecule has 1 aromatic heterocycles. The maximum absolute atomic E-state index is 11.3. The molecular formula is C18H16BrNO2. The lowest BCUT2D eigenvalue weighted by Crippen LogP contribution is -2.01. The van der Waals surface area contributed by atoms with Crippen molar-refractivity contribution in [2.24, 2.45) is 0 Å². The van der Waals surface area contributed by atoms with E-state index in [0.29, 0.717) is 0 Å². The fraction of sp³-hybridized carbons (Fsp3) is 0.167. The van der Waals surface area contributed by atoms with Crippen molar-refractivity contribution in [2.45, 2.75) is 19.8 Å². The molecule has 0 atom stereocenters. The van der Waals surface area contributed by atoms with Crippen LogP contribution in [0.2, 0.25) is 0 Å². The fourth-order valence-electron chi connectivity index (χ4n) is 2.74. The minimum atomic E-state index is -0.820. The molecule has 1 heterocycles. The van der Waals surface area contributed by atoms with Crippen LogP contribution in [0.25, 0.3) is 22.2 Å². The van der Waals surface area contributed by atoms with Crippen LogP contribution in [0, 0.1) is 0 Å². The van der Waals surface area contributed by atoms with E-state index in [2.05, 4.69) is 40.0 Å². The number of hydrogen-bond acceptors (Lipinski definition) is 1. The van der Waals surface area contributed by atoms with Crippen molar-refractivity contribution in [3.8, 4) is 11.3 Å². The molecular weight excluding hydrogens is 342 g/mol. The third kappa shape index (κ3) is 2.79. The number of H-pyrrole nitrogens is 1. The summed E-state index contributed by atoms with van der Waals surface area (Å²) in [7, 11) is 0. The van der Waals surface area contributed by atoms with Crippen molar-refractivity contribution in [3.05, 3.63) is 58.1 Å². The van der Waals surface area contributed by atoms with E-state index < -0.39 is 5.97 Å². The van der Waals surface area contributed by atoms with Crippen molar-refractivity contribution < 1.29 is 9.90 Å². The van der Waals surface area contributed by atoms with Gasteiger partial charge in [-0.1, -0.05) is 41.1 Å². The van der Waals surface area contributed by atoms with Gasteiger partial charge in [-0.05, 0) is 47.4 Å². The highest BCUT2D eigenvalue weighted by Crippen LogP contribution is 2.32. The molecule has 0 aliphatic carbocycles. The van der Waals surface area contributed by atoms with Gasteiger partial charge in [-0.25, -0.2) is 0 Å². The number of hydrogen-bond donors (Lipinski definition) is 2. The van der Waals surface area contributed by atoms with E-state index in [1.807, 2.05) is 30.3 Å². The maximum Gasteiger partial charge on any atom is 0.307 e. The average molecular weight is 358 g/mol. The van der Waals surface area contributed by atoms with E-state index in [-0.39, 0.29) is 6.42 Å². The number of carboxylic acid groups (broad SMARTS) is 1. The van der Waals surface area contributed by atoms with Crippen molar-refractivity contribution in [1.29, 1.82) is 0 Å². The summed E-state index contributed by atoms with van der Waals surface area (Å²) < 4.78 is 0.971. The van der Waals surface area contributed by atoms with Crippen LogP contribution >= 0.6 is 15.9 Å². The number of halogens is 1. The monoisotopic (exact) mass is 357 g/mol. The standard InChI is InChI=1S/C18H16BrNO2/c1-2-11-6-7-16-14(8-11)15(10-17(21)22)18(20-16)12-4-3-5-13(19)9-12/h3-9,20H,2,10H2,1H3,(H,21,22). The van der Waals surface area contributed by atoms with Crippen LogP contribution in [-0.2, 0) is 17.6 Å². The lowest BCUT2D eigenvalue weighted by atomic mass is 10.0. The minimum absolute atomic E-state index is 0.00894. The van der Waals surface area contributed by atoms with Gasteiger partial charge in [0.1, 0.15) is 0 Å². The Labute approximate surface area is 137 Å². The summed E-state index contributed by atoms with van der Waals surface area (Å²) in [4.78, 5) is 14.7. The molecule has 2 N–H and O–H groups in total. The van der Waals surface area contributed by atoms with Crippen molar-refractivity contribution in [2.75, 3.05) is 0 Å². The van der Waals surface area contributed by atoms with E-state index in [1.54, 1.807) is 0 Å². The van der Waals surface area contributed by atoms with Crippen LogP contribution in [0.5, 0.6) is 0 Å². The Bertz CT molecular complexity index is 851. The normalized spacial score (nSPS) is 11.0. The number of carbonyl (C=O) groups is 1. The van der Waals surface area contributed by atoms with Gasteiger partial charge in [0.15, 0.2) is 0 Å². The van der Waals surface area contributed by atoms with E-state index in [0.717, 1.165) is 38.6 Å². The first-order valence-electron chi connectivity index (χ1n) is 7.19. The number of benzene rings is 2. The molecule has 0 radical (unpaired) electrons. The van der Waals surface area contributed by atoms with Gasteiger partial charge >= 0.3 is 5.97 Å². The molecule has 22 heavy (non-hydrogen) atoms. The summed E-state index contributed by atoms with van der Waals surface area (Å²) in [5.41, 5.74) is 4.89. The topological polar surface area (TPSA) is 53.1 Å². The molecule has 3 rings (SSSR count). The summed E-state index contributed by atoms with van der Waals surface area (Å²) in [6.45, 7) is 2.10. The third-order valence-corrected chi connectivity index (χ3v) is 4.31. The predicted octanol–water partition coefficient (Wildman–Crippen LogP) is 4.79. The van der Waals surface area contributed by atoms with Crippen LogP contribution in [0.1, 0.15) is 18.1 Å². The quantitative estimate of drug-likeness (QED) is 0.705. The molecule has 3 nitrogen and oxygen atoms in total. The second-order valence-electron chi connectivity index (χ2n) is 5.29. The third-order valence-electron chi connectivity index (χ3n) is 3.82. The SMILES string of the molecule is CCc1ccc2[nH]c(-c3cccc(Br)c3)c(CC(=O)O)c2c1. The summed E-state index contributed by atoms with van der Waals surface area (Å²) in [6.07, 6.45) is 0.939. The fourth-order valence-corrected chi connectivity index (χ4v) is 3.14. The Balaban J connectivity index is 2.26. The van der Waals surface area contributed by atoms with Gasteiger partial charge < -0.3 is 10.1 Å². The number of aromatic nitrogens is 1. The number of nitrogens with one attached hydrogen (secondary N) is 1. The summed E-state index contributed by atoms with van der Waals surface area (Å²) in [5.74, 6) is -0.820. The van der Waals surface area contributed by atoms with E-state index in [4.69, 9.17) is 0 Å². The molecule has 112 valence electrons. The van der Waals surface area contributed by atoms with Gasteiger partial charge in [-0.2, -0.15) is 0 Å². The van der Waals surface area contributed by atoms with Crippen LogP contribution < -0.4 is 0 Å². The zero-order valence-corrected chi connectivity index (χ0v) is 13.8. The molecule has 0 spiro atoms. The highest BCUT2D eigenvalue weighted by atomic mass is 79.9. The van der Waals surface area contributed by atoms with Crippen molar-refractivity contribution >= 4 is 32.8 Å². The Hall–Kier alpha value is -2.07. The maximum atomic E-state index is 11.3. The minimum Gasteiger partial charge on any atom is -0.481 e. The molecule has 0 unspecified atom stereocenters. The highest BCUT2D eigenvalue weighted by Gasteiger charge is 2.16. The number of carboxylic acids is 1. The lowest BCUT2D eigenvalue weighted by Gasteiger charge is -2.04. The number of aromatic amines is 1. The Morgan fingerprint density at radius 3 is 2.73 bits per heavy atom. The number of aryl methyl sites for hydroxylation is 1. The van der Waals surface area contributed by atoms with E-state index in [9.17, 15) is 9.90 Å². The number of aliphatic carboxylic acids is 1. The van der Waals surface area contributed by atoms with Crippen molar-refractivity contribution in [1.82, 2.24) is 4.98 Å². The zero-order chi connectivity index (χ0) is 15.7. The molecule has 0 amide bonds. The largest absolute Gasteiger partial charge is 0.481 e. The molecule has 0 aliphatic rings. The highest BCUT2D eigenvalue weighted by molar-refractivity contribution is 9.10. The van der Waals surface area contributed by atoms with Gasteiger partial charge in [-0.15, -0.1) is 0 Å². The van der Waals surface area contributed by atoms with Crippen LogP contribution in [0.4, 0.5) is 0 Å². The predicted molar refractivity (Wildman–Crippen MR) is 92.2 cm³/mol. The first kappa shape index (κ1) is 14.9. The Morgan fingerprint density at radius 1 is 1.23 bits per heavy atom. The van der Waals surface area contributed by atoms with Gasteiger partial charge in [0.25, 0.3) is 0 Å². The van der Waals surface area contributed by atoms with Gasteiger partial charge in [-0.3, -0.25) is 4.79 Å². The molecule has 0 saturated carbocycles. The molecule has 3 aromatic rings. The number of rotatable bonds is 4. The van der Waals surface area contributed by atoms with Crippen LogP contribution in [0.3, 0.4) is 0 Å². The smallest absolute Gasteiger partial charge is 0.307 e. The zero-order valence-electron chi connectivity index (χ0n) is 12.2. The summed E-state index contributed by atoms with van der Waals surface area (Å²) in [6, 6.07) is 14.1. The van der Waals surface area contributed by atoms with E-state index >= 15 is 0 Å². The molecule has 0 bridgehead atoms. The number of fused-ring (bicyclic) bond motifs is 1. The van der Waals surface area contributed by atoms with E-state index in [1.165, 1.54) is 5.56 Å². The first-order valence-corrected chi connectivity index (χ1v) is 7.99. The Morgan fingerprint density at radius 2 is 2.05 bits per heavy atom. The molecule has 0 fully saturated rings. The summed E-state index contributed by atoms with van der Waals surface area (Å²) in [5, 5.41) is 10.3. The molecule has 4 heteroatoms. The first-order chi connectivity index (χ1) is 10.6. The second kappa shape index (κ2) is 5.97. The van der Waals surface area contributed by atoms with Gasteiger partial charge in [0, 0.05) is 15.4 Å². The molecule has 0 aliphatic heterocycles. The Kier molecular flexibility index (Phi) is 4.03. The van der Waals surface area contributed by atoms with Crippen LogP contribution in [0.15, 0.2) is 46.9 Å². The van der Waals surface area contributed by atoms with Crippen LogP contribution in [-0.4, -0.2) is 16.1 Å². The lowest BCUT2D eigenvalue weighted by molar-refractivity contribution is -0.136. The van der Waals surface area contributed by atoms with Crippen molar-refractivity contribution in [3.63, 3.8) is 0 Å². The van der Waals surface area contributed by atoms with Gasteiger partial charge in [0.2, 0.25) is 0 Å². The molecule has 0 saturated heterocycles. The second-order valence-corrected chi connectivity index (χ2v) is 6.21. The van der Waals surface area contributed by atoms with Gasteiger partial charge in [0.05, 0.1) is 12.1 Å². The summed E-state index contributed by atoms with van der Waals surface area (Å²) >= 11 is 3.47. The molecule has 2 aromatic carbocycles.